The van der Waals surface area contributed by atoms with Crippen LogP contribution in [0.4, 0.5) is 0 Å². The van der Waals surface area contributed by atoms with Crippen LogP contribution in [0.15, 0.2) is 29.2 Å². The van der Waals surface area contributed by atoms with Crippen molar-refractivity contribution in [3.05, 3.63) is 29.8 Å². The van der Waals surface area contributed by atoms with Gasteiger partial charge in [0, 0.05) is 2.74 Å². The van der Waals surface area contributed by atoms with Crippen LogP contribution in [-0.4, -0.2) is 15.0 Å². The Balaban J connectivity index is 2.85. The highest BCUT2D eigenvalue weighted by atomic mass is 32.2. The molecule has 17 heavy (non-hydrogen) atoms. The molecule has 0 aliphatic carbocycles. The summed E-state index contributed by atoms with van der Waals surface area (Å²) >= 11 is 0. The molecule has 0 atom stereocenters. The van der Waals surface area contributed by atoms with Crippen molar-refractivity contribution in [3.63, 3.8) is 0 Å². The Morgan fingerprint density at radius 3 is 2.24 bits per heavy atom. The molecule has 0 heterocycles. The summed E-state index contributed by atoms with van der Waals surface area (Å²) in [4.78, 5) is 0.0443. The first-order valence-electron chi connectivity index (χ1n) is 6.42. The van der Waals surface area contributed by atoms with Crippen LogP contribution in [0.3, 0.4) is 0 Å². The van der Waals surface area contributed by atoms with E-state index in [1.807, 2.05) is 6.92 Å². The molecule has 0 amide bonds. The molecule has 3 nitrogen and oxygen atoms in total. The first-order valence-corrected chi connectivity index (χ1v) is 6.83. The zero-order valence-electron chi connectivity index (χ0n) is 12.6. The lowest BCUT2D eigenvalue weighted by Gasteiger charge is -2.17. The van der Waals surface area contributed by atoms with Gasteiger partial charge in [0.25, 0.3) is 10.1 Å². The highest BCUT2D eigenvalue weighted by molar-refractivity contribution is 7.86. The molecule has 0 aromatic heterocycles. The van der Waals surface area contributed by atoms with Gasteiger partial charge in [-0.2, -0.15) is 8.42 Å². The molecular formula is C13H20O3S. The van der Waals surface area contributed by atoms with Gasteiger partial charge >= 0.3 is 0 Å². The maximum absolute atomic E-state index is 11.9. The van der Waals surface area contributed by atoms with Gasteiger partial charge in [0.05, 0.1) is 11.5 Å². The van der Waals surface area contributed by atoms with Gasteiger partial charge in [-0.3, -0.25) is 4.18 Å². The van der Waals surface area contributed by atoms with Crippen molar-refractivity contribution in [2.24, 2.45) is 5.41 Å². The molecule has 1 aromatic carbocycles. The second-order valence-corrected chi connectivity index (χ2v) is 6.57. The summed E-state index contributed by atoms with van der Waals surface area (Å²) in [5, 5.41) is 0. The summed E-state index contributed by atoms with van der Waals surface area (Å²) in [6.07, 6.45) is -1.73. The summed E-state index contributed by atoms with van der Waals surface area (Å²) < 4.78 is 44.4. The van der Waals surface area contributed by atoms with Gasteiger partial charge in [0.1, 0.15) is 0 Å². The molecule has 1 aromatic rings. The van der Waals surface area contributed by atoms with E-state index in [1.54, 1.807) is 32.9 Å². The fourth-order valence-electron chi connectivity index (χ4n) is 1.10. The summed E-state index contributed by atoms with van der Waals surface area (Å²) in [5.41, 5.74) is 0.250. The SMILES string of the molecule is [2H]C([2H])(COS(=O)(=O)c1ccc(C)cc1)C(C)(C)C. The normalized spacial score (nSPS) is 15.3. The first-order chi connectivity index (χ1) is 8.46. The Kier molecular flexibility index (Phi) is 3.43. The molecule has 0 bridgehead atoms. The largest absolute Gasteiger partial charge is 0.296 e. The van der Waals surface area contributed by atoms with Gasteiger partial charge in [0.2, 0.25) is 0 Å². The highest BCUT2D eigenvalue weighted by Crippen LogP contribution is 2.20. The van der Waals surface area contributed by atoms with Crippen LogP contribution in [0, 0.1) is 12.3 Å². The van der Waals surface area contributed by atoms with E-state index < -0.39 is 28.5 Å². The summed E-state index contributed by atoms with van der Waals surface area (Å²) in [7, 11) is -3.91. The quantitative estimate of drug-likeness (QED) is 0.779. The summed E-state index contributed by atoms with van der Waals surface area (Å²) in [5.74, 6) is 0. The van der Waals surface area contributed by atoms with Crippen LogP contribution in [0.2, 0.25) is 0 Å². The lowest BCUT2D eigenvalue weighted by Crippen LogP contribution is -2.13. The predicted molar refractivity (Wildman–Crippen MR) is 68.4 cm³/mol. The molecule has 0 aliphatic rings. The van der Waals surface area contributed by atoms with Gasteiger partial charge in [-0.05, 0) is 30.8 Å². The van der Waals surface area contributed by atoms with Gasteiger partial charge in [0.15, 0.2) is 0 Å². The van der Waals surface area contributed by atoms with Crippen LogP contribution in [0.5, 0.6) is 0 Å². The second kappa shape index (κ2) is 5.19. The van der Waals surface area contributed by atoms with E-state index >= 15 is 0 Å². The zero-order chi connectivity index (χ0) is 14.9. The van der Waals surface area contributed by atoms with Crippen LogP contribution in [-0.2, 0) is 14.3 Å². The van der Waals surface area contributed by atoms with E-state index in [2.05, 4.69) is 0 Å². The van der Waals surface area contributed by atoms with Gasteiger partial charge in [-0.15, -0.1) is 0 Å². The van der Waals surface area contributed by atoms with Gasteiger partial charge < -0.3 is 0 Å². The Morgan fingerprint density at radius 1 is 1.24 bits per heavy atom. The topological polar surface area (TPSA) is 43.4 Å². The van der Waals surface area contributed by atoms with Crippen molar-refractivity contribution in [2.75, 3.05) is 6.61 Å². The van der Waals surface area contributed by atoms with Crippen LogP contribution < -0.4 is 0 Å². The minimum absolute atomic E-state index is 0.0443. The minimum Gasteiger partial charge on any atom is -0.266 e. The van der Waals surface area contributed by atoms with E-state index in [0.29, 0.717) is 0 Å². The molecular weight excluding hydrogens is 236 g/mol. The van der Waals surface area contributed by atoms with Gasteiger partial charge in [-0.1, -0.05) is 38.5 Å². The van der Waals surface area contributed by atoms with Crippen LogP contribution in [0.25, 0.3) is 0 Å². The standard InChI is InChI=1S/C13H20O3S/c1-11-5-7-12(8-6-11)17(14,15)16-10-9-13(2,3)4/h5-8H,9-10H2,1-4H3/i9D2. The van der Waals surface area contributed by atoms with E-state index in [0.717, 1.165) is 5.56 Å². The lowest BCUT2D eigenvalue weighted by molar-refractivity contribution is 0.247. The molecule has 4 heteroatoms. The smallest absolute Gasteiger partial charge is 0.266 e. The molecule has 0 spiro atoms. The van der Waals surface area contributed by atoms with Crippen LogP contribution >= 0.6 is 0 Å². The van der Waals surface area contributed by atoms with Crippen molar-refractivity contribution < 1.29 is 15.3 Å². The molecule has 1 rings (SSSR count). The third kappa shape index (κ3) is 4.88. The molecule has 96 valence electrons. The number of hydrogen-bond donors (Lipinski definition) is 0. The molecule has 0 radical (unpaired) electrons. The van der Waals surface area contributed by atoms with E-state index in [-0.39, 0.29) is 4.90 Å². The second-order valence-electron chi connectivity index (χ2n) is 4.96. The molecule has 0 saturated carbocycles. The Bertz CT molecular complexity index is 528. The number of benzene rings is 1. The molecule has 0 aliphatic heterocycles. The predicted octanol–water partition coefficient (Wildman–Crippen LogP) is 3.14. The number of hydrogen-bond acceptors (Lipinski definition) is 3. The Hall–Kier alpha value is -0.870. The molecule has 0 saturated heterocycles. The fraction of sp³-hybridized carbons (Fsp3) is 0.538. The van der Waals surface area contributed by atoms with E-state index in [1.165, 1.54) is 12.1 Å². The monoisotopic (exact) mass is 258 g/mol. The number of aryl methyl sites for hydroxylation is 1. The molecule has 0 N–H and O–H groups in total. The molecule has 0 fully saturated rings. The van der Waals surface area contributed by atoms with Gasteiger partial charge in [-0.25, -0.2) is 0 Å². The Morgan fingerprint density at radius 2 is 1.76 bits per heavy atom. The number of rotatable bonds is 4. The van der Waals surface area contributed by atoms with E-state index in [4.69, 9.17) is 6.92 Å². The average Bonchev–Trinajstić information content (AvgIpc) is 2.26. The lowest BCUT2D eigenvalue weighted by atomic mass is 9.93. The highest BCUT2D eigenvalue weighted by Gasteiger charge is 2.17. The Labute approximate surface area is 107 Å². The minimum atomic E-state index is -3.91. The van der Waals surface area contributed by atoms with Crippen LogP contribution in [0.1, 0.15) is 35.4 Å². The molecule has 0 unspecified atom stereocenters. The third-order valence-corrected chi connectivity index (χ3v) is 3.40. The van der Waals surface area contributed by atoms with Crippen molar-refractivity contribution >= 4 is 10.1 Å². The van der Waals surface area contributed by atoms with Crippen molar-refractivity contribution in [3.8, 4) is 0 Å². The summed E-state index contributed by atoms with van der Waals surface area (Å²) in [6, 6.07) is 6.26. The van der Waals surface area contributed by atoms with Crippen molar-refractivity contribution in [1.82, 2.24) is 0 Å². The zero-order valence-corrected chi connectivity index (χ0v) is 11.5. The van der Waals surface area contributed by atoms with Crippen molar-refractivity contribution in [2.45, 2.75) is 39.0 Å². The third-order valence-electron chi connectivity index (χ3n) is 2.13. The maximum Gasteiger partial charge on any atom is 0.296 e. The average molecular weight is 258 g/mol. The summed E-state index contributed by atoms with van der Waals surface area (Å²) in [6.45, 7) is 6.47. The fourth-order valence-corrected chi connectivity index (χ4v) is 1.92. The first kappa shape index (κ1) is 11.2. The maximum atomic E-state index is 11.9. The van der Waals surface area contributed by atoms with Crippen molar-refractivity contribution in [1.29, 1.82) is 0 Å². The van der Waals surface area contributed by atoms with E-state index in [9.17, 15) is 8.42 Å².